The van der Waals surface area contributed by atoms with Crippen molar-refractivity contribution in [3.05, 3.63) is 28.7 Å². The van der Waals surface area contributed by atoms with Crippen LogP contribution in [0, 0.1) is 0 Å². The fraction of sp³-hybridized carbons (Fsp3) is 0.417. The molecule has 0 atom stereocenters. The zero-order chi connectivity index (χ0) is 12.3. The van der Waals surface area contributed by atoms with Crippen molar-refractivity contribution in [2.24, 2.45) is 0 Å². The Kier molecular flexibility index (Phi) is 3.49. The predicted molar refractivity (Wildman–Crippen MR) is 66.0 cm³/mol. The first-order valence-corrected chi connectivity index (χ1v) is 5.60. The molecule has 92 valence electrons. The Hall–Kier alpha value is -1.75. The molecule has 1 aromatic heterocycles. The van der Waals surface area contributed by atoms with E-state index in [1.807, 2.05) is 0 Å². The van der Waals surface area contributed by atoms with Gasteiger partial charge in [-0.15, -0.1) is 0 Å². The Labute approximate surface area is 98.8 Å². The van der Waals surface area contributed by atoms with Gasteiger partial charge in [-0.05, 0) is 31.0 Å². The first-order valence-electron chi connectivity index (χ1n) is 5.60. The van der Waals surface area contributed by atoms with Gasteiger partial charge in [0, 0.05) is 25.9 Å². The van der Waals surface area contributed by atoms with E-state index in [9.17, 15) is 4.79 Å². The van der Waals surface area contributed by atoms with E-state index in [1.54, 1.807) is 29.9 Å². The van der Waals surface area contributed by atoms with Crippen LogP contribution in [0.5, 0.6) is 0 Å². The molecular formula is C12H16N2O3. The lowest BCUT2D eigenvalue weighted by Crippen LogP contribution is -2.14. The molecule has 0 radical (unpaired) electrons. The lowest BCUT2D eigenvalue weighted by atomic mass is 10.2. The second-order valence-corrected chi connectivity index (χ2v) is 3.95. The van der Waals surface area contributed by atoms with Crippen molar-refractivity contribution in [3.8, 4) is 0 Å². The largest absolute Gasteiger partial charge is 0.419 e. The van der Waals surface area contributed by atoms with E-state index in [-0.39, 0.29) is 5.76 Å². The van der Waals surface area contributed by atoms with E-state index in [4.69, 9.17) is 14.9 Å². The molecule has 2 aromatic rings. The average Bonchev–Trinajstić information content (AvgIpc) is 2.61. The molecule has 0 aliphatic heterocycles. The Morgan fingerprint density at radius 3 is 3.00 bits per heavy atom. The minimum Gasteiger partial charge on any atom is -0.408 e. The SMILES string of the molecule is COCCCCn1c(=O)oc2ccc(N)cc21. The highest BCUT2D eigenvalue weighted by Gasteiger charge is 2.08. The molecule has 1 aromatic carbocycles. The highest BCUT2D eigenvalue weighted by atomic mass is 16.5. The van der Waals surface area contributed by atoms with Crippen molar-refractivity contribution in [2.45, 2.75) is 19.4 Å². The van der Waals surface area contributed by atoms with Gasteiger partial charge in [0.1, 0.15) is 0 Å². The molecule has 0 unspecified atom stereocenters. The maximum atomic E-state index is 11.6. The third-order valence-electron chi connectivity index (χ3n) is 2.67. The van der Waals surface area contributed by atoms with Gasteiger partial charge in [0.05, 0.1) is 5.52 Å². The van der Waals surface area contributed by atoms with E-state index >= 15 is 0 Å². The van der Waals surface area contributed by atoms with Gasteiger partial charge in [-0.25, -0.2) is 4.79 Å². The Morgan fingerprint density at radius 1 is 1.41 bits per heavy atom. The summed E-state index contributed by atoms with van der Waals surface area (Å²) in [5.74, 6) is -0.331. The second-order valence-electron chi connectivity index (χ2n) is 3.95. The molecule has 2 N–H and O–H groups in total. The number of fused-ring (bicyclic) bond motifs is 1. The molecule has 0 aliphatic rings. The van der Waals surface area contributed by atoms with Gasteiger partial charge in [-0.3, -0.25) is 4.57 Å². The quantitative estimate of drug-likeness (QED) is 0.632. The van der Waals surface area contributed by atoms with Crippen molar-refractivity contribution in [3.63, 3.8) is 0 Å². The maximum absolute atomic E-state index is 11.6. The van der Waals surface area contributed by atoms with Crippen molar-refractivity contribution < 1.29 is 9.15 Å². The molecule has 0 saturated carbocycles. The summed E-state index contributed by atoms with van der Waals surface area (Å²) in [6.45, 7) is 1.32. The lowest BCUT2D eigenvalue weighted by Gasteiger charge is -2.02. The number of aryl methyl sites for hydroxylation is 1. The number of ether oxygens (including phenoxy) is 1. The number of nitrogens with two attached hydrogens (primary N) is 1. The van der Waals surface area contributed by atoms with Crippen molar-refractivity contribution in [2.75, 3.05) is 19.5 Å². The highest BCUT2D eigenvalue weighted by molar-refractivity contribution is 5.76. The third kappa shape index (κ3) is 2.50. The smallest absolute Gasteiger partial charge is 0.408 e. The second kappa shape index (κ2) is 5.05. The van der Waals surface area contributed by atoms with Gasteiger partial charge >= 0.3 is 5.76 Å². The monoisotopic (exact) mass is 236 g/mol. The molecule has 5 heteroatoms. The van der Waals surface area contributed by atoms with Crippen molar-refractivity contribution in [1.82, 2.24) is 4.57 Å². The van der Waals surface area contributed by atoms with E-state index < -0.39 is 0 Å². The molecule has 0 aliphatic carbocycles. The Balaban J connectivity index is 2.23. The number of rotatable bonds is 5. The van der Waals surface area contributed by atoms with E-state index in [0.29, 0.717) is 24.4 Å². The summed E-state index contributed by atoms with van der Waals surface area (Å²) >= 11 is 0. The first-order chi connectivity index (χ1) is 8.22. The maximum Gasteiger partial charge on any atom is 0.419 e. The van der Waals surface area contributed by atoms with E-state index in [0.717, 1.165) is 18.4 Å². The number of benzene rings is 1. The topological polar surface area (TPSA) is 70.4 Å². The van der Waals surface area contributed by atoms with Gasteiger partial charge in [-0.1, -0.05) is 0 Å². The van der Waals surface area contributed by atoms with Gasteiger partial charge in [0.25, 0.3) is 0 Å². The molecular weight excluding hydrogens is 220 g/mol. The fourth-order valence-corrected chi connectivity index (χ4v) is 1.81. The highest BCUT2D eigenvalue weighted by Crippen LogP contribution is 2.16. The van der Waals surface area contributed by atoms with Crippen LogP contribution in [0.25, 0.3) is 11.1 Å². The number of nitrogens with zero attached hydrogens (tertiary/aromatic N) is 1. The summed E-state index contributed by atoms with van der Waals surface area (Å²) in [6, 6.07) is 5.20. The number of oxazole rings is 1. The number of aromatic nitrogens is 1. The van der Waals surface area contributed by atoms with Crippen LogP contribution in [-0.4, -0.2) is 18.3 Å². The standard InChI is InChI=1S/C12H16N2O3/c1-16-7-3-2-6-14-10-8-9(13)4-5-11(10)17-12(14)15/h4-5,8H,2-3,6-7,13H2,1H3. The normalized spacial score (nSPS) is 11.1. The summed E-state index contributed by atoms with van der Waals surface area (Å²) in [5, 5.41) is 0. The molecule has 5 nitrogen and oxygen atoms in total. The number of nitrogen functional groups attached to an aromatic ring is 1. The minimum atomic E-state index is -0.331. The summed E-state index contributed by atoms with van der Waals surface area (Å²) in [5.41, 5.74) is 7.67. The molecule has 0 amide bonds. The van der Waals surface area contributed by atoms with Gasteiger partial charge < -0.3 is 14.9 Å². The summed E-state index contributed by atoms with van der Waals surface area (Å²) in [4.78, 5) is 11.6. The predicted octanol–water partition coefficient (Wildman–Crippen LogP) is 1.60. The van der Waals surface area contributed by atoms with Crippen molar-refractivity contribution in [1.29, 1.82) is 0 Å². The van der Waals surface area contributed by atoms with Gasteiger partial charge in [-0.2, -0.15) is 0 Å². The van der Waals surface area contributed by atoms with E-state index in [1.165, 1.54) is 0 Å². The molecule has 0 bridgehead atoms. The van der Waals surface area contributed by atoms with Crippen LogP contribution in [0.4, 0.5) is 5.69 Å². The zero-order valence-electron chi connectivity index (χ0n) is 9.81. The molecule has 0 spiro atoms. The van der Waals surface area contributed by atoms with Crippen LogP contribution in [0.15, 0.2) is 27.4 Å². The third-order valence-corrected chi connectivity index (χ3v) is 2.67. The molecule has 17 heavy (non-hydrogen) atoms. The molecule has 2 rings (SSSR count). The molecule has 0 fully saturated rings. The summed E-state index contributed by atoms with van der Waals surface area (Å²) < 4.78 is 11.7. The average molecular weight is 236 g/mol. The zero-order valence-corrected chi connectivity index (χ0v) is 9.81. The van der Waals surface area contributed by atoms with E-state index in [2.05, 4.69) is 0 Å². The van der Waals surface area contributed by atoms with Crippen LogP contribution < -0.4 is 11.5 Å². The molecule has 0 saturated heterocycles. The van der Waals surface area contributed by atoms with Crippen molar-refractivity contribution >= 4 is 16.8 Å². The fourth-order valence-electron chi connectivity index (χ4n) is 1.81. The number of hydrogen-bond acceptors (Lipinski definition) is 4. The Bertz CT molecular complexity index is 556. The van der Waals surface area contributed by atoms with Gasteiger partial charge in [0.15, 0.2) is 5.58 Å². The molecule has 1 heterocycles. The van der Waals surface area contributed by atoms with Crippen LogP contribution >= 0.6 is 0 Å². The summed E-state index contributed by atoms with van der Waals surface area (Å²) in [6.07, 6.45) is 1.79. The van der Waals surface area contributed by atoms with Crippen LogP contribution in [-0.2, 0) is 11.3 Å². The number of hydrogen-bond donors (Lipinski definition) is 1. The number of unbranched alkanes of at least 4 members (excludes halogenated alkanes) is 1. The first kappa shape index (κ1) is 11.7. The minimum absolute atomic E-state index is 0.331. The number of anilines is 1. The van der Waals surface area contributed by atoms with Crippen LogP contribution in [0.1, 0.15) is 12.8 Å². The lowest BCUT2D eigenvalue weighted by molar-refractivity contribution is 0.191. The Morgan fingerprint density at radius 2 is 2.24 bits per heavy atom. The van der Waals surface area contributed by atoms with Crippen LogP contribution in [0.2, 0.25) is 0 Å². The summed E-state index contributed by atoms with van der Waals surface area (Å²) in [7, 11) is 1.67. The van der Waals surface area contributed by atoms with Gasteiger partial charge in [0.2, 0.25) is 0 Å². The number of methoxy groups -OCH3 is 1. The van der Waals surface area contributed by atoms with Crippen LogP contribution in [0.3, 0.4) is 0 Å².